The highest BCUT2D eigenvalue weighted by Gasteiger charge is 2.26. The second kappa shape index (κ2) is 5.44. The summed E-state index contributed by atoms with van der Waals surface area (Å²) in [6.07, 6.45) is 4.54. The number of nitrogens with one attached hydrogen (secondary N) is 1. The van der Waals surface area contributed by atoms with Crippen molar-refractivity contribution in [3.63, 3.8) is 0 Å². The maximum absolute atomic E-state index is 13.6. The van der Waals surface area contributed by atoms with Gasteiger partial charge in [0.15, 0.2) is 0 Å². The number of hydrogen-bond acceptors (Lipinski definition) is 1. The molecule has 1 fully saturated rings. The van der Waals surface area contributed by atoms with E-state index in [0.29, 0.717) is 12.0 Å². The van der Waals surface area contributed by atoms with Gasteiger partial charge in [-0.2, -0.15) is 0 Å². The van der Waals surface area contributed by atoms with Crippen LogP contribution >= 0.6 is 0 Å². The molecule has 1 aromatic rings. The summed E-state index contributed by atoms with van der Waals surface area (Å²) in [7, 11) is 0. The largest absolute Gasteiger partial charge is 0.314 e. The van der Waals surface area contributed by atoms with E-state index >= 15 is 0 Å². The van der Waals surface area contributed by atoms with Crippen LogP contribution in [0.4, 0.5) is 4.39 Å². The van der Waals surface area contributed by atoms with E-state index in [1.165, 1.54) is 12.8 Å². The normalized spacial score (nSPS) is 24.9. The predicted octanol–water partition coefficient (Wildman–Crippen LogP) is 3.46. The standard InChI is InChI=1S/C14H20FN/c1-2-9-16-12-8-7-11(10-12)13-5-3-4-6-14(13)15/h3-6,11-12,16H,2,7-10H2,1H3. The molecule has 2 unspecified atom stereocenters. The summed E-state index contributed by atoms with van der Waals surface area (Å²) in [6, 6.07) is 7.79. The Labute approximate surface area is 97.1 Å². The lowest BCUT2D eigenvalue weighted by atomic mass is 9.97. The van der Waals surface area contributed by atoms with Gasteiger partial charge >= 0.3 is 0 Å². The van der Waals surface area contributed by atoms with Crippen LogP contribution < -0.4 is 5.32 Å². The summed E-state index contributed by atoms with van der Waals surface area (Å²) in [5.41, 5.74) is 0.906. The zero-order chi connectivity index (χ0) is 11.4. The molecule has 1 saturated carbocycles. The fourth-order valence-corrected chi connectivity index (χ4v) is 2.60. The summed E-state index contributed by atoms with van der Waals surface area (Å²) in [5.74, 6) is 0.374. The lowest BCUT2D eigenvalue weighted by Gasteiger charge is -2.13. The Kier molecular flexibility index (Phi) is 3.94. The smallest absolute Gasteiger partial charge is 0.126 e. The lowest BCUT2D eigenvalue weighted by molar-refractivity contribution is 0.512. The Morgan fingerprint density at radius 3 is 2.88 bits per heavy atom. The molecule has 0 heterocycles. The second-order valence-electron chi connectivity index (χ2n) is 4.68. The van der Waals surface area contributed by atoms with Gasteiger partial charge in [0.25, 0.3) is 0 Å². The molecule has 1 aliphatic rings. The van der Waals surface area contributed by atoms with E-state index in [0.717, 1.165) is 24.9 Å². The van der Waals surface area contributed by atoms with E-state index in [1.807, 2.05) is 12.1 Å². The van der Waals surface area contributed by atoms with Gasteiger partial charge in [0.2, 0.25) is 0 Å². The van der Waals surface area contributed by atoms with Gasteiger partial charge in [-0.25, -0.2) is 4.39 Å². The zero-order valence-electron chi connectivity index (χ0n) is 9.88. The van der Waals surface area contributed by atoms with E-state index in [4.69, 9.17) is 0 Å². The van der Waals surface area contributed by atoms with Crippen molar-refractivity contribution in [1.82, 2.24) is 5.32 Å². The summed E-state index contributed by atoms with van der Waals surface area (Å²) in [6.45, 7) is 3.25. The third kappa shape index (κ3) is 2.62. The van der Waals surface area contributed by atoms with Crippen LogP contribution in [0, 0.1) is 5.82 Å². The molecule has 2 atom stereocenters. The SMILES string of the molecule is CCCNC1CCC(c2ccccc2F)C1. The molecular formula is C14H20FN. The number of rotatable bonds is 4. The first-order chi connectivity index (χ1) is 7.81. The minimum Gasteiger partial charge on any atom is -0.314 e. The number of halogens is 1. The van der Waals surface area contributed by atoms with Gasteiger partial charge in [-0.3, -0.25) is 0 Å². The molecule has 0 bridgehead atoms. The lowest BCUT2D eigenvalue weighted by Crippen LogP contribution is -2.26. The highest BCUT2D eigenvalue weighted by atomic mass is 19.1. The van der Waals surface area contributed by atoms with E-state index < -0.39 is 0 Å². The van der Waals surface area contributed by atoms with Gasteiger partial charge in [0.1, 0.15) is 5.82 Å². The molecule has 0 spiro atoms. The maximum atomic E-state index is 13.6. The average molecular weight is 221 g/mol. The van der Waals surface area contributed by atoms with Crippen LogP contribution in [0.1, 0.15) is 44.1 Å². The van der Waals surface area contributed by atoms with Crippen molar-refractivity contribution >= 4 is 0 Å². The van der Waals surface area contributed by atoms with Gasteiger partial charge in [0, 0.05) is 6.04 Å². The van der Waals surface area contributed by atoms with Crippen LogP contribution in [0.2, 0.25) is 0 Å². The molecule has 88 valence electrons. The Morgan fingerprint density at radius 2 is 2.12 bits per heavy atom. The fraction of sp³-hybridized carbons (Fsp3) is 0.571. The summed E-state index contributed by atoms with van der Waals surface area (Å²) in [4.78, 5) is 0. The molecule has 0 amide bonds. The minimum atomic E-state index is -0.0383. The monoisotopic (exact) mass is 221 g/mol. The Hall–Kier alpha value is -0.890. The van der Waals surface area contributed by atoms with Gasteiger partial charge in [-0.1, -0.05) is 25.1 Å². The topological polar surface area (TPSA) is 12.0 Å². The fourth-order valence-electron chi connectivity index (χ4n) is 2.60. The molecule has 1 N–H and O–H groups in total. The van der Waals surface area contributed by atoms with Crippen LogP contribution in [-0.4, -0.2) is 12.6 Å². The minimum absolute atomic E-state index is 0.0383. The first-order valence-corrected chi connectivity index (χ1v) is 6.29. The van der Waals surface area contributed by atoms with Crippen molar-refractivity contribution in [3.05, 3.63) is 35.6 Å². The van der Waals surface area contributed by atoms with Crippen LogP contribution in [0.5, 0.6) is 0 Å². The Balaban J connectivity index is 1.96. The van der Waals surface area contributed by atoms with Crippen molar-refractivity contribution in [1.29, 1.82) is 0 Å². The zero-order valence-corrected chi connectivity index (χ0v) is 9.88. The quantitative estimate of drug-likeness (QED) is 0.821. The average Bonchev–Trinajstić information content (AvgIpc) is 2.75. The van der Waals surface area contributed by atoms with Gasteiger partial charge in [0.05, 0.1) is 0 Å². The van der Waals surface area contributed by atoms with Crippen LogP contribution in [0.3, 0.4) is 0 Å². The molecule has 0 aromatic heterocycles. The third-order valence-corrected chi connectivity index (χ3v) is 3.46. The van der Waals surface area contributed by atoms with E-state index in [-0.39, 0.29) is 5.82 Å². The van der Waals surface area contributed by atoms with Gasteiger partial charge in [-0.05, 0) is 49.8 Å². The molecule has 0 radical (unpaired) electrons. The van der Waals surface area contributed by atoms with E-state index in [1.54, 1.807) is 12.1 Å². The summed E-state index contributed by atoms with van der Waals surface area (Å²) >= 11 is 0. The van der Waals surface area contributed by atoms with Crippen molar-refractivity contribution in [2.75, 3.05) is 6.54 Å². The molecule has 2 heteroatoms. The summed E-state index contributed by atoms with van der Waals surface area (Å²) < 4.78 is 13.6. The molecule has 16 heavy (non-hydrogen) atoms. The Morgan fingerprint density at radius 1 is 1.31 bits per heavy atom. The number of benzene rings is 1. The molecule has 2 rings (SSSR count). The first kappa shape index (κ1) is 11.6. The van der Waals surface area contributed by atoms with Crippen molar-refractivity contribution < 1.29 is 4.39 Å². The van der Waals surface area contributed by atoms with Gasteiger partial charge in [-0.15, -0.1) is 0 Å². The molecular weight excluding hydrogens is 201 g/mol. The van der Waals surface area contributed by atoms with E-state index in [9.17, 15) is 4.39 Å². The van der Waals surface area contributed by atoms with Gasteiger partial charge < -0.3 is 5.32 Å². The summed E-state index contributed by atoms with van der Waals surface area (Å²) in [5, 5.41) is 3.53. The van der Waals surface area contributed by atoms with Crippen LogP contribution in [-0.2, 0) is 0 Å². The van der Waals surface area contributed by atoms with Crippen molar-refractivity contribution in [2.45, 2.75) is 44.6 Å². The van der Waals surface area contributed by atoms with Crippen molar-refractivity contribution in [2.24, 2.45) is 0 Å². The predicted molar refractivity (Wildman–Crippen MR) is 65.1 cm³/mol. The molecule has 0 aliphatic heterocycles. The highest BCUT2D eigenvalue weighted by molar-refractivity contribution is 5.23. The van der Waals surface area contributed by atoms with Crippen LogP contribution in [0.25, 0.3) is 0 Å². The highest BCUT2D eigenvalue weighted by Crippen LogP contribution is 2.35. The third-order valence-electron chi connectivity index (χ3n) is 3.46. The molecule has 1 aliphatic carbocycles. The first-order valence-electron chi connectivity index (χ1n) is 6.29. The Bertz CT molecular complexity index is 337. The molecule has 0 saturated heterocycles. The van der Waals surface area contributed by atoms with Crippen molar-refractivity contribution in [3.8, 4) is 0 Å². The number of hydrogen-bond donors (Lipinski definition) is 1. The second-order valence-corrected chi connectivity index (χ2v) is 4.68. The molecule has 1 nitrogen and oxygen atoms in total. The maximum Gasteiger partial charge on any atom is 0.126 e. The molecule has 1 aromatic carbocycles. The van der Waals surface area contributed by atoms with Crippen LogP contribution in [0.15, 0.2) is 24.3 Å². The van der Waals surface area contributed by atoms with E-state index in [2.05, 4.69) is 12.2 Å².